The number of benzene rings is 1. The molecule has 2 heterocycles. The highest BCUT2D eigenvalue weighted by Gasteiger charge is 2.29. The van der Waals surface area contributed by atoms with Gasteiger partial charge in [-0.2, -0.15) is 0 Å². The van der Waals surface area contributed by atoms with Gasteiger partial charge in [0.15, 0.2) is 0 Å². The fourth-order valence-electron chi connectivity index (χ4n) is 3.66. The maximum Gasteiger partial charge on any atom is 0.242 e. The average Bonchev–Trinajstić information content (AvgIpc) is 2.55. The molecule has 1 fully saturated rings. The summed E-state index contributed by atoms with van der Waals surface area (Å²) in [5.74, 6) is 0.911. The second-order valence-electron chi connectivity index (χ2n) is 7.16. The molecule has 0 aliphatic carbocycles. The third-order valence-electron chi connectivity index (χ3n) is 4.77. The molecule has 1 saturated heterocycles. The number of carbonyl (C=O) groups is 2. The van der Waals surface area contributed by atoms with Crippen molar-refractivity contribution in [3.05, 3.63) is 23.8 Å². The van der Waals surface area contributed by atoms with Gasteiger partial charge < -0.3 is 19.9 Å². The smallest absolute Gasteiger partial charge is 0.242 e. The van der Waals surface area contributed by atoms with Gasteiger partial charge in [0.1, 0.15) is 11.9 Å². The number of fused-ring (bicyclic) bond motifs is 1. The highest BCUT2D eigenvalue weighted by Crippen LogP contribution is 2.34. The minimum Gasteiger partial charge on any atom is -0.487 e. The van der Waals surface area contributed by atoms with Crippen molar-refractivity contribution >= 4 is 17.5 Å². The van der Waals surface area contributed by atoms with Gasteiger partial charge in [-0.25, -0.2) is 0 Å². The van der Waals surface area contributed by atoms with Crippen LogP contribution in [0, 0.1) is 6.92 Å². The number of nitrogens with one attached hydrogen (secondary N) is 1. The predicted octanol–water partition coefficient (Wildman–Crippen LogP) is 1.71. The van der Waals surface area contributed by atoms with E-state index in [1.165, 1.54) is 6.92 Å². The first-order valence-electron chi connectivity index (χ1n) is 8.99. The van der Waals surface area contributed by atoms with E-state index in [4.69, 9.17) is 4.74 Å². The molecule has 2 aliphatic heterocycles. The van der Waals surface area contributed by atoms with Gasteiger partial charge in [0.25, 0.3) is 0 Å². The molecule has 0 spiro atoms. The maximum absolute atomic E-state index is 12.8. The van der Waals surface area contributed by atoms with Gasteiger partial charge in [0.05, 0.1) is 18.8 Å². The zero-order valence-corrected chi connectivity index (χ0v) is 15.2. The van der Waals surface area contributed by atoms with E-state index in [1.807, 2.05) is 30.9 Å². The Balaban J connectivity index is 1.68. The minimum atomic E-state index is -0.0364. The fraction of sp³-hybridized carbons (Fsp3) is 0.579. The molecule has 0 radical (unpaired) electrons. The summed E-state index contributed by atoms with van der Waals surface area (Å²) in [7, 11) is 0. The molecule has 25 heavy (non-hydrogen) atoms. The molecule has 2 aliphatic rings. The van der Waals surface area contributed by atoms with Crippen LogP contribution in [0.2, 0.25) is 0 Å². The van der Waals surface area contributed by atoms with E-state index in [0.717, 1.165) is 36.4 Å². The lowest BCUT2D eigenvalue weighted by Gasteiger charge is -2.38. The summed E-state index contributed by atoms with van der Waals surface area (Å²) in [6.07, 6.45) is 1.91. The van der Waals surface area contributed by atoms with E-state index in [-0.39, 0.29) is 24.0 Å². The third kappa shape index (κ3) is 4.24. The van der Waals surface area contributed by atoms with Crippen molar-refractivity contribution in [1.29, 1.82) is 0 Å². The summed E-state index contributed by atoms with van der Waals surface area (Å²) in [5.41, 5.74) is 2.14. The van der Waals surface area contributed by atoms with Gasteiger partial charge in [-0.15, -0.1) is 0 Å². The summed E-state index contributed by atoms with van der Waals surface area (Å²) in [5, 5.41) is 2.93. The van der Waals surface area contributed by atoms with Crippen LogP contribution in [0.4, 0.5) is 5.69 Å². The van der Waals surface area contributed by atoms with Crippen LogP contribution in [0.25, 0.3) is 0 Å². The van der Waals surface area contributed by atoms with Gasteiger partial charge in [-0.05, 0) is 44.4 Å². The maximum atomic E-state index is 12.8. The number of piperidine rings is 1. The van der Waals surface area contributed by atoms with E-state index >= 15 is 0 Å². The van der Waals surface area contributed by atoms with Crippen LogP contribution in [-0.2, 0) is 9.59 Å². The first-order chi connectivity index (χ1) is 11.9. The topological polar surface area (TPSA) is 61.9 Å². The summed E-state index contributed by atoms with van der Waals surface area (Å²) in [4.78, 5) is 28.1. The first-order valence-corrected chi connectivity index (χ1v) is 8.99. The van der Waals surface area contributed by atoms with E-state index in [0.29, 0.717) is 19.6 Å². The molecule has 6 nitrogen and oxygen atoms in total. The summed E-state index contributed by atoms with van der Waals surface area (Å²) >= 11 is 0. The zero-order valence-electron chi connectivity index (χ0n) is 15.2. The van der Waals surface area contributed by atoms with Crippen molar-refractivity contribution < 1.29 is 14.3 Å². The lowest BCUT2D eigenvalue weighted by molar-refractivity contribution is -0.132. The van der Waals surface area contributed by atoms with Crippen LogP contribution in [0.15, 0.2) is 18.2 Å². The number of anilines is 1. The van der Waals surface area contributed by atoms with Gasteiger partial charge in [0.2, 0.25) is 11.8 Å². The number of hydrogen-bond donors (Lipinski definition) is 1. The number of amides is 2. The molecular weight excluding hydrogens is 318 g/mol. The molecule has 1 N–H and O–H groups in total. The van der Waals surface area contributed by atoms with Crippen molar-refractivity contribution in [2.24, 2.45) is 0 Å². The van der Waals surface area contributed by atoms with Crippen LogP contribution < -0.4 is 15.0 Å². The van der Waals surface area contributed by atoms with Crippen molar-refractivity contribution in [1.82, 2.24) is 10.2 Å². The Morgan fingerprint density at radius 1 is 1.32 bits per heavy atom. The van der Waals surface area contributed by atoms with Crippen molar-refractivity contribution in [3.63, 3.8) is 0 Å². The number of aryl methyl sites for hydroxylation is 1. The van der Waals surface area contributed by atoms with Crippen LogP contribution in [0.5, 0.6) is 5.75 Å². The molecule has 0 saturated carbocycles. The van der Waals surface area contributed by atoms with Crippen LogP contribution in [0.3, 0.4) is 0 Å². The Hall–Kier alpha value is -2.24. The lowest BCUT2D eigenvalue weighted by Crippen LogP contribution is -2.52. The third-order valence-corrected chi connectivity index (χ3v) is 4.77. The van der Waals surface area contributed by atoms with E-state index in [1.54, 1.807) is 0 Å². The SMILES string of the molecule is CC(=O)N[C@H]1CCCN(C(=O)CN2C[C@H](C)Oc3ccc(C)cc32)C1. The van der Waals surface area contributed by atoms with Gasteiger partial charge >= 0.3 is 0 Å². The number of rotatable bonds is 3. The van der Waals surface area contributed by atoms with Crippen LogP contribution in [0.1, 0.15) is 32.3 Å². The zero-order chi connectivity index (χ0) is 18.0. The Labute approximate surface area is 149 Å². The molecule has 1 aromatic rings. The summed E-state index contributed by atoms with van der Waals surface area (Å²) in [6, 6.07) is 6.14. The summed E-state index contributed by atoms with van der Waals surface area (Å²) in [6.45, 7) is 7.99. The molecule has 1 aromatic carbocycles. The predicted molar refractivity (Wildman–Crippen MR) is 96.9 cm³/mol. The quantitative estimate of drug-likeness (QED) is 0.906. The van der Waals surface area contributed by atoms with Crippen molar-refractivity contribution in [2.75, 3.05) is 31.1 Å². The number of nitrogens with zero attached hydrogens (tertiary/aromatic N) is 2. The standard InChI is InChI=1S/C19H27N3O3/c1-13-6-7-18-17(9-13)22(10-14(2)25-18)12-19(24)21-8-4-5-16(11-21)20-15(3)23/h6-7,9,14,16H,4-5,8,10-12H2,1-3H3,(H,20,23)/t14-,16-/m0/s1. The molecule has 2 amide bonds. The monoisotopic (exact) mass is 345 g/mol. The molecule has 136 valence electrons. The van der Waals surface area contributed by atoms with Gasteiger partial charge in [0, 0.05) is 26.1 Å². The molecule has 2 atom stereocenters. The summed E-state index contributed by atoms with van der Waals surface area (Å²) < 4.78 is 5.89. The molecular formula is C19H27N3O3. The number of carbonyl (C=O) groups excluding carboxylic acids is 2. The molecule has 0 bridgehead atoms. The van der Waals surface area contributed by atoms with Crippen LogP contribution in [-0.4, -0.2) is 55.0 Å². The Morgan fingerprint density at radius 2 is 2.12 bits per heavy atom. The van der Waals surface area contributed by atoms with E-state index in [9.17, 15) is 9.59 Å². The fourth-order valence-corrected chi connectivity index (χ4v) is 3.66. The van der Waals surface area contributed by atoms with Gasteiger partial charge in [-0.1, -0.05) is 6.07 Å². The largest absolute Gasteiger partial charge is 0.487 e. The van der Waals surface area contributed by atoms with Crippen molar-refractivity contribution in [3.8, 4) is 5.75 Å². The highest BCUT2D eigenvalue weighted by molar-refractivity contribution is 5.83. The lowest BCUT2D eigenvalue weighted by atomic mass is 10.1. The molecule has 0 unspecified atom stereocenters. The van der Waals surface area contributed by atoms with Gasteiger partial charge in [-0.3, -0.25) is 9.59 Å². The normalized spacial score (nSPS) is 22.8. The highest BCUT2D eigenvalue weighted by atomic mass is 16.5. The first kappa shape index (κ1) is 17.6. The Morgan fingerprint density at radius 3 is 2.88 bits per heavy atom. The molecule has 0 aromatic heterocycles. The molecule has 6 heteroatoms. The second kappa shape index (κ2) is 7.33. The van der Waals surface area contributed by atoms with Crippen molar-refractivity contribution in [2.45, 2.75) is 45.8 Å². The Bertz CT molecular complexity index is 661. The second-order valence-corrected chi connectivity index (χ2v) is 7.16. The number of likely N-dealkylation sites (tertiary alicyclic amines) is 1. The van der Waals surface area contributed by atoms with E-state index < -0.39 is 0 Å². The average molecular weight is 345 g/mol. The minimum absolute atomic E-state index is 0.0364. The van der Waals surface area contributed by atoms with Crippen LogP contribution >= 0.6 is 0 Å². The number of hydrogen-bond acceptors (Lipinski definition) is 4. The Kier molecular flexibility index (Phi) is 5.16. The van der Waals surface area contributed by atoms with E-state index in [2.05, 4.69) is 16.3 Å². The molecule has 3 rings (SSSR count). The number of ether oxygens (including phenoxy) is 1.